The Balaban J connectivity index is 1.51. The van der Waals surface area contributed by atoms with Gasteiger partial charge in [0, 0.05) is 6.04 Å². The van der Waals surface area contributed by atoms with Gasteiger partial charge in [-0.15, -0.1) is 11.3 Å². The van der Waals surface area contributed by atoms with Gasteiger partial charge in [-0.05, 0) is 56.7 Å². The molecule has 2 atom stereocenters. The van der Waals surface area contributed by atoms with Gasteiger partial charge in [-0.1, -0.05) is 30.3 Å². The van der Waals surface area contributed by atoms with E-state index in [4.69, 9.17) is 0 Å². The van der Waals surface area contributed by atoms with Crippen LogP contribution in [0.25, 0.3) is 15.7 Å². The first-order valence-electron chi connectivity index (χ1n) is 9.78. The van der Waals surface area contributed by atoms with E-state index >= 15 is 0 Å². The van der Waals surface area contributed by atoms with Gasteiger partial charge in [0.2, 0.25) is 5.91 Å². The summed E-state index contributed by atoms with van der Waals surface area (Å²) in [6.07, 6.45) is 1.72. The van der Waals surface area contributed by atoms with Crippen molar-refractivity contribution in [2.24, 2.45) is 0 Å². The maximum Gasteiger partial charge on any atom is 0.291 e. The molecule has 3 heterocycles. The molecule has 0 saturated carbocycles. The average Bonchev–Trinajstić information content (AvgIpc) is 3.31. The van der Waals surface area contributed by atoms with Crippen molar-refractivity contribution in [3.8, 4) is 0 Å². The van der Waals surface area contributed by atoms with Crippen LogP contribution in [0.5, 0.6) is 0 Å². The SMILES string of the molecule is Cc1nn([C@H](C)C(=O)N[C@H](C)CCc2ccccc2)c(=O)c2cc3sccc3n12. The van der Waals surface area contributed by atoms with Crippen molar-refractivity contribution in [3.63, 3.8) is 0 Å². The molecule has 6 nitrogen and oxygen atoms in total. The third kappa shape index (κ3) is 3.70. The van der Waals surface area contributed by atoms with Gasteiger partial charge in [-0.2, -0.15) is 5.10 Å². The van der Waals surface area contributed by atoms with Crippen LogP contribution in [0.3, 0.4) is 0 Å². The lowest BCUT2D eigenvalue weighted by Gasteiger charge is -2.19. The van der Waals surface area contributed by atoms with E-state index < -0.39 is 6.04 Å². The number of hydrogen-bond donors (Lipinski definition) is 1. The van der Waals surface area contributed by atoms with E-state index in [1.165, 1.54) is 10.2 Å². The van der Waals surface area contributed by atoms with E-state index in [1.807, 2.05) is 54.0 Å². The van der Waals surface area contributed by atoms with Gasteiger partial charge >= 0.3 is 0 Å². The second-order valence-electron chi connectivity index (χ2n) is 7.44. The van der Waals surface area contributed by atoms with E-state index in [2.05, 4.69) is 22.5 Å². The molecule has 1 N–H and O–H groups in total. The predicted molar refractivity (Wildman–Crippen MR) is 117 cm³/mol. The molecule has 0 unspecified atom stereocenters. The Morgan fingerprint density at radius 1 is 1.17 bits per heavy atom. The van der Waals surface area contributed by atoms with Crippen LogP contribution in [0.1, 0.15) is 37.7 Å². The van der Waals surface area contributed by atoms with Crippen molar-refractivity contribution in [2.75, 3.05) is 0 Å². The van der Waals surface area contributed by atoms with Crippen LogP contribution in [0.15, 0.2) is 52.6 Å². The smallest absolute Gasteiger partial charge is 0.291 e. The normalized spacial score (nSPS) is 13.6. The molecule has 150 valence electrons. The number of nitrogens with zero attached hydrogens (tertiary/aromatic N) is 3. The number of aryl methyl sites for hydroxylation is 2. The number of hydrogen-bond acceptors (Lipinski definition) is 4. The molecule has 1 aromatic carbocycles. The molecule has 1 amide bonds. The number of aromatic nitrogens is 3. The zero-order valence-corrected chi connectivity index (χ0v) is 17.6. The van der Waals surface area contributed by atoms with Crippen molar-refractivity contribution in [1.29, 1.82) is 0 Å². The minimum atomic E-state index is -0.682. The monoisotopic (exact) mass is 408 g/mol. The lowest BCUT2D eigenvalue weighted by molar-refractivity contribution is -0.124. The zero-order valence-electron chi connectivity index (χ0n) is 16.8. The Hall–Kier alpha value is -2.93. The minimum absolute atomic E-state index is 0.00400. The first-order chi connectivity index (χ1) is 14.0. The van der Waals surface area contributed by atoms with Crippen LogP contribution in [-0.2, 0) is 11.2 Å². The Bertz CT molecular complexity index is 1220. The van der Waals surface area contributed by atoms with Crippen molar-refractivity contribution in [2.45, 2.75) is 45.7 Å². The fourth-order valence-corrected chi connectivity index (χ4v) is 4.44. The number of rotatable bonds is 6. The number of carbonyl (C=O) groups is 1. The van der Waals surface area contributed by atoms with Gasteiger partial charge in [-0.25, -0.2) is 4.68 Å². The number of thiophene rings is 1. The van der Waals surface area contributed by atoms with E-state index in [-0.39, 0.29) is 17.5 Å². The van der Waals surface area contributed by atoms with Gasteiger partial charge < -0.3 is 5.32 Å². The third-order valence-corrected chi connectivity index (χ3v) is 6.12. The summed E-state index contributed by atoms with van der Waals surface area (Å²) in [6, 6.07) is 13.4. The molecule has 7 heteroatoms. The molecule has 3 aromatic heterocycles. The van der Waals surface area contributed by atoms with Crippen LogP contribution in [-0.4, -0.2) is 26.1 Å². The molecule has 0 saturated heterocycles. The highest BCUT2D eigenvalue weighted by Crippen LogP contribution is 2.24. The third-order valence-electron chi connectivity index (χ3n) is 5.27. The second kappa shape index (κ2) is 7.83. The van der Waals surface area contributed by atoms with Gasteiger partial charge in [0.15, 0.2) is 0 Å². The van der Waals surface area contributed by atoms with Gasteiger partial charge in [0.05, 0.1) is 10.2 Å². The van der Waals surface area contributed by atoms with E-state index in [0.29, 0.717) is 11.3 Å². The highest BCUT2D eigenvalue weighted by atomic mass is 32.1. The Kier molecular flexibility index (Phi) is 5.24. The highest BCUT2D eigenvalue weighted by Gasteiger charge is 2.22. The largest absolute Gasteiger partial charge is 0.352 e. The van der Waals surface area contributed by atoms with E-state index in [0.717, 1.165) is 23.1 Å². The lowest BCUT2D eigenvalue weighted by atomic mass is 10.1. The molecule has 4 rings (SSSR count). The maximum atomic E-state index is 13.0. The average molecular weight is 409 g/mol. The summed E-state index contributed by atoms with van der Waals surface area (Å²) >= 11 is 1.59. The highest BCUT2D eigenvalue weighted by molar-refractivity contribution is 7.17. The number of amides is 1. The summed E-state index contributed by atoms with van der Waals surface area (Å²) in [5.41, 5.74) is 2.52. The summed E-state index contributed by atoms with van der Waals surface area (Å²) in [6.45, 7) is 5.56. The minimum Gasteiger partial charge on any atom is -0.352 e. The molecule has 0 fully saturated rings. The quantitative estimate of drug-likeness (QED) is 0.529. The summed E-state index contributed by atoms with van der Waals surface area (Å²) in [7, 11) is 0. The van der Waals surface area contributed by atoms with Crippen molar-refractivity contribution < 1.29 is 4.79 Å². The second-order valence-corrected chi connectivity index (χ2v) is 8.39. The predicted octanol–water partition coefficient (Wildman–Crippen LogP) is 3.72. The zero-order chi connectivity index (χ0) is 20.5. The molecule has 0 bridgehead atoms. The van der Waals surface area contributed by atoms with Gasteiger partial charge in [0.1, 0.15) is 17.4 Å². The standard InChI is InChI=1S/C22H24N4O2S/c1-14(9-10-17-7-5-4-6-8-17)23-21(27)15(2)26-22(28)19-13-20-18(11-12-29-20)25(19)16(3)24-26/h4-8,11-15H,9-10H2,1-3H3,(H,23,27)/t14-,15-/m1/s1. The summed E-state index contributed by atoms with van der Waals surface area (Å²) in [4.78, 5) is 25.8. The van der Waals surface area contributed by atoms with E-state index in [9.17, 15) is 9.59 Å². The van der Waals surface area contributed by atoms with Crippen molar-refractivity contribution in [3.05, 3.63) is 69.6 Å². The van der Waals surface area contributed by atoms with Crippen LogP contribution < -0.4 is 10.9 Å². The fourth-order valence-electron chi connectivity index (χ4n) is 3.63. The molecular formula is C22H24N4O2S. The van der Waals surface area contributed by atoms with Gasteiger partial charge in [-0.3, -0.25) is 14.0 Å². The number of benzene rings is 1. The molecular weight excluding hydrogens is 384 g/mol. The first-order valence-corrected chi connectivity index (χ1v) is 10.7. The Labute approximate surface area is 172 Å². The van der Waals surface area contributed by atoms with Crippen LogP contribution in [0.2, 0.25) is 0 Å². The first kappa shape index (κ1) is 19.4. The molecule has 0 aliphatic rings. The van der Waals surface area contributed by atoms with Gasteiger partial charge in [0.25, 0.3) is 5.56 Å². The number of carbonyl (C=O) groups excluding carboxylic acids is 1. The molecule has 0 aliphatic heterocycles. The molecule has 4 aromatic rings. The molecule has 0 radical (unpaired) electrons. The van der Waals surface area contributed by atoms with Crippen molar-refractivity contribution in [1.82, 2.24) is 19.5 Å². The van der Waals surface area contributed by atoms with Crippen molar-refractivity contribution >= 4 is 33.0 Å². The molecule has 0 spiro atoms. The molecule has 29 heavy (non-hydrogen) atoms. The number of nitrogens with one attached hydrogen (secondary N) is 1. The summed E-state index contributed by atoms with van der Waals surface area (Å²) in [5, 5.41) is 9.45. The lowest BCUT2D eigenvalue weighted by Crippen LogP contribution is -2.41. The maximum absolute atomic E-state index is 13.0. The molecule has 0 aliphatic carbocycles. The van der Waals surface area contributed by atoms with E-state index in [1.54, 1.807) is 18.3 Å². The van der Waals surface area contributed by atoms with Crippen LogP contribution in [0.4, 0.5) is 0 Å². The fraction of sp³-hybridized carbons (Fsp3) is 0.318. The van der Waals surface area contributed by atoms with Crippen LogP contribution in [0, 0.1) is 6.92 Å². The Morgan fingerprint density at radius 3 is 2.69 bits per heavy atom. The topological polar surface area (TPSA) is 68.4 Å². The Morgan fingerprint density at radius 2 is 1.93 bits per heavy atom. The number of fused-ring (bicyclic) bond motifs is 3. The van der Waals surface area contributed by atoms with Crippen LogP contribution >= 0.6 is 11.3 Å². The summed E-state index contributed by atoms with van der Waals surface area (Å²) < 4.78 is 4.20. The summed E-state index contributed by atoms with van der Waals surface area (Å²) in [5.74, 6) is 0.488.